The highest BCUT2D eigenvalue weighted by molar-refractivity contribution is 9.10. The Bertz CT molecular complexity index is 666. The molecule has 5 heteroatoms. The number of pyridine rings is 1. The van der Waals surface area contributed by atoms with E-state index in [0.29, 0.717) is 22.4 Å². The molecule has 96 valence electrons. The average Bonchev–Trinajstić information content (AvgIpc) is 2.44. The number of nitrogens with zero attached hydrogens (tertiary/aromatic N) is 2. The Balaban J connectivity index is 2.84. The second-order valence-corrected chi connectivity index (χ2v) is 4.66. The van der Waals surface area contributed by atoms with Crippen LogP contribution in [0.5, 0.6) is 5.75 Å². The van der Waals surface area contributed by atoms with Crippen LogP contribution >= 0.6 is 15.9 Å². The summed E-state index contributed by atoms with van der Waals surface area (Å²) in [6, 6.07) is 7.26. The third-order valence-corrected chi connectivity index (χ3v) is 3.53. The van der Waals surface area contributed by atoms with Crippen molar-refractivity contribution in [1.82, 2.24) is 4.98 Å². The maximum absolute atomic E-state index is 14.4. The maximum atomic E-state index is 14.4. The van der Waals surface area contributed by atoms with Gasteiger partial charge < -0.3 is 4.74 Å². The summed E-state index contributed by atoms with van der Waals surface area (Å²) < 4.78 is 19.7. The lowest BCUT2D eigenvalue weighted by molar-refractivity contribution is 0.406. The van der Waals surface area contributed by atoms with Crippen molar-refractivity contribution in [1.29, 1.82) is 5.26 Å². The molecule has 2 rings (SSSR count). The van der Waals surface area contributed by atoms with Crippen molar-refractivity contribution in [2.45, 2.75) is 6.92 Å². The summed E-state index contributed by atoms with van der Waals surface area (Å²) >= 11 is 3.14. The fourth-order valence-corrected chi connectivity index (χ4v) is 2.48. The lowest BCUT2D eigenvalue weighted by atomic mass is 9.98. The van der Waals surface area contributed by atoms with Gasteiger partial charge >= 0.3 is 0 Å². The van der Waals surface area contributed by atoms with Crippen LogP contribution in [0.15, 0.2) is 28.9 Å². The number of aromatic nitrogens is 1. The van der Waals surface area contributed by atoms with Gasteiger partial charge in [0.25, 0.3) is 0 Å². The van der Waals surface area contributed by atoms with Crippen LogP contribution in [0.2, 0.25) is 0 Å². The molecule has 0 bridgehead atoms. The van der Waals surface area contributed by atoms with Gasteiger partial charge in [0.15, 0.2) is 11.6 Å². The molecular weight excluding hydrogens is 311 g/mol. The molecule has 0 spiro atoms. The van der Waals surface area contributed by atoms with E-state index in [2.05, 4.69) is 20.9 Å². The van der Waals surface area contributed by atoms with E-state index < -0.39 is 5.82 Å². The third kappa shape index (κ3) is 2.20. The van der Waals surface area contributed by atoms with E-state index in [4.69, 9.17) is 4.74 Å². The predicted octanol–water partition coefficient (Wildman–Crippen LogP) is 3.84. The van der Waals surface area contributed by atoms with Gasteiger partial charge in [0.1, 0.15) is 6.07 Å². The molecule has 0 saturated heterocycles. The molecule has 0 aliphatic carbocycles. The first kappa shape index (κ1) is 13.5. The first-order chi connectivity index (χ1) is 9.11. The molecule has 2 aromatic rings. The summed E-state index contributed by atoms with van der Waals surface area (Å²) in [6.45, 7) is 1.68. The average molecular weight is 321 g/mol. The first-order valence-corrected chi connectivity index (χ1v) is 6.28. The molecule has 0 radical (unpaired) electrons. The molecule has 0 aliphatic heterocycles. The van der Waals surface area contributed by atoms with Gasteiger partial charge in [0, 0.05) is 11.8 Å². The Labute approximate surface area is 118 Å². The zero-order chi connectivity index (χ0) is 14.0. The molecule has 0 unspecified atom stereocenters. The summed E-state index contributed by atoms with van der Waals surface area (Å²) in [7, 11) is 1.40. The summed E-state index contributed by atoms with van der Waals surface area (Å²) in [5.41, 5.74) is 1.61. The highest BCUT2D eigenvalue weighted by Crippen LogP contribution is 2.40. The standard InChI is InChI=1S/C14H10BrFN2O/c1-8-9(7-17)14(19-2)12(15)13(16)11(8)10-5-3-4-6-18-10/h3-6H,1-2H3. The molecule has 1 heterocycles. The first-order valence-electron chi connectivity index (χ1n) is 5.48. The van der Waals surface area contributed by atoms with E-state index in [1.165, 1.54) is 7.11 Å². The summed E-state index contributed by atoms with van der Waals surface area (Å²) in [6.07, 6.45) is 1.58. The van der Waals surface area contributed by atoms with Crippen molar-refractivity contribution in [3.63, 3.8) is 0 Å². The lowest BCUT2D eigenvalue weighted by Crippen LogP contribution is -2.00. The van der Waals surface area contributed by atoms with Crippen LogP contribution in [-0.4, -0.2) is 12.1 Å². The van der Waals surface area contributed by atoms with Crippen LogP contribution in [0.1, 0.15) is 11.1 Å². The van der Waals surface area contributed by atoms with Gasteiger partial charge in [0.05, 0.1) is 22.8 Å². The molecule has 0 aliphatic rings. The molecule has 3 nitrogen and oxygen atoms in total. The Morgan fingerprint density at radius 3 is 2.68 bits per heavy atom. The highest BCUT2D eigenvalue weighted by atomic mass is 79.9. The van der Waals surface area contributed by atoms with Gasteiger partial charge in [-0.25, -0.2) is 4.39 Å². The summed E-state index contributed by atoms with van der Waals surface area (Å²) in [5.74, 6) is -0.274. The van der Waals surface area contributed by atoms with Gasteiger partial charge in [-0.2, -0.15) is 5.26 Å². The van der Waals surface area contributed by atoms with Crippen LogP contribution in [0.25, 0.3) is 11.3 Å². The number of rotatable bonds is 2. The molecule has 0 saturated carbocycles. The third-order valence-electron chi connectivity index (χ3n) is 2.83. The van der Waals surface area contributed by atoms with Crippen molar-refractivity contribution < 1.29 is 9.13 Å². The number of nitriles is 1. The number of methoxy groups -OCH3 is 1. The molecule has 19 heavy (non-hydrogen) atoms. The number of hydrogen-bond acceptors (Lipinski definition) is 3. The van der Waals surface area contributed by atoms with Crippen molar-refractivity contribution in [2.24, 2.45) is 0 Å². The maximum Gasteiger partial charge on any atom is 0.154 e. The lowest BCUT2D eigenvalue weighted by Gasteiger charge is -2.14. The molecule has 1 aromatic carbocycles. The zero-order valence-electron chi connectivity index (χ0n) is 10.4. The van der Waals surface area contributed by atoms with Crippen molar-refractivity contribution in [2.75, 3.05) is 7.11 Å². The van der Waals surface area contributed by atoms with Crippen molar-refractivity contribution >= 4 is 15.9 Å². The Morgan fingerprint density at radius 2 is 2.16 bits per heavy atom. The number of ether oxygens (including phenoxy) is 1. The monoisotopic (exact) mass is 320 g/mol. The van der Waals surface area contributed by atoms with Crippen molar-refractivity contribution in [3.05, 3.63) is 45.8 Å². The van der Waals surface area contributed by atoms with E-state index in [9.17, 15) is 9.65 Å². The number of halogens is 2. The Morgan fingerprint density at radius 1 is 1.42 bits per heavy atom. The minimum Gasteiger partial charge on any atom is -0.494 e. The fraction of sp³-hybridized carbons (Fsp3) is 0.143. The van der Waals surface area contributed by atoms with Gasteiger partial charge in [-0.3, -0.25) is 4.98 Å². The van der Waals surface area contributed by atoms with Gasteiger partial charge in [-0.15, -0.1) is 0 Å². The van der Waals surface area contributed by atoms with Crippen LogP contribution < -0.4 is 4.74 Å². The second kappa shape index (κ2) is 5.37. The smallest absolute Gasteiger partial charge is 0.154 e. The molecule has 0 fully saturated rings. The highest BCUT2D eigenvalue weighted by Gasteiger charge is 2.22. The Hall–Kier alpha value is -1.93. The van der Waals surface area contributed by atoms with Crippen LogP contribution in [-0.2, 0) is 0 Å². The second-order valence-electron chi connectivity index (χ2n) is 3.86. The minimum absolute atomic E-state index is 0.137. The topological polar surface area (TPSA) is 45.9 Å². The summed E-state index contributed by atoms with van der Waals surface area (Å²) in [4.78, 5) is 4.13. The molecule has 0 amide bonds. The van der Waals surface area contributed by atoms with Crippen LogP contribution in [0.4, 0.5) is 4.39 Å². The fourth-order valence-electron chi connectivity index (χ4n) is 1.92. The van der Waals surface area contributed by atoms with Gasteiger partial charge in [-0.1, -0.05) is 6.07 Å². The minimum atomic E-state index is -0.480. The zero-order valence-corrected chi connectivity index (χ0v) is 12.0. The normalized spacial score (nSPS) is 10.1. The Kier molecular flexibility index (Phi) is 3.82. The quantitative estimate of drug-likeness (QED) is 0.844. The SMILES string of the molecule is COc1c(Br)c(F)c(-c2ccccn2)c(C)c1C#N. The van der Waals surface area contributed by atoms with E-state index in [-0.39, 0.29) is 10.2 Å². The van der Waals surface area contributed by atoms with Crippen LogP contribution in [0.3, 0.4) is 0 Å². The van der Waals surface area contributed by atoms with E-state index >= 15 is 0 Å². The predicted molar refractivity (Wildman–Crippen MR) is 73.3 cm³/mol. The molecular formula is C14H10BrFN2O. The van der Waals surface area contributed by atoms with Gasteiger partial charge in [0.2, 0.25) is 0 Å². The van der Waals surface area contributed by atoms with Crippen molar-refractivity contribution in [3.8, 4) is 23.1 Å². The van der Waals surface area contributed by atoms with Gasteiger partial charge in [-0.05, 0) is 40.5 Å². The van der Waals surface area contributed by atoms with E-state index in [1.54, 1.807) is 31.3 Å². The largest absolute Gasteiger partial charge is 0.494 e. The van der Waals surface area contributed by atoms with Crippen LogP contribution in [0, 0.1) is 24.1 Å². The van der Waals surface area contributed by atoms with E-state index in [1.807, 2.05) is 6.07 Å². The number of benzene rings is 1. The molecule has 0 atom stereocenters. The molecule has 0 N–H and O–H groups in total. The number of hydrogen-bond donors (Lipinski definition) is 0. The van der Waals surface area contributed by atoms with E-state index in [0.717, 1.165) is 0 Å². The summed E-state index contributed by atoms with van der Waals surface area (Å²) in [5, 5.41) is 9.22. The molecule has 1 aromatic heterocycles.